The molecule has 0 aliphatic carbocycles. The summed E-state index contributed by atoms with van der Waals surface area (Å²) in [5.74, 6) is 0.447. The number of hydrogen-bond donors (Lipinski definition) is 1. The number of amides is 1. The number of ether oxygens (including phenoxy) is 1. The van der Waals surface area contributed by atoms with E-state index in [1.165, 1.54) is 6.92 Å². The highest BCUT2D eigenvalue weighted by atomic mass is 16.5. The summed E-state index contributed by atoms with van der Waals surface area (Å²) in [6, 6.07) is 5.70. The van der Waals surface area contributed by atoms with Crippen molar-refractivity contribution in [3.8, 4) is 5.75 Å². The molecule has 0 aliphatic rings. The molecule has 0 heterocycles. The number of ketones is 1. The second-order valence-corrected chi connectivity index (χ2v) is 3.96. The van der Waals surface area contributed by atoms with Crippen LogP contribution in [0.4, 0.5) is 0 Å². The molecule has 0 atom stereocenters. The molecule has 1 amide bonds. The average molecular weight is 235 g/mol. The zero-order valence-electron chi connectivity index (χ0n) is 10.4. The number of hydrogen-bond acceptors (Lipinski definition) is 3. The number of nitrogens with one attached hydrogen (secondary N) is 1. The Hall–Kier alpha value is -1.84. The highest BCUT2D eigenvalue weighted by Crippen LogP contribution is 2.18. The van der Waals surface area contributed by atoms with E-state index in [0.717, 1.165) is 16.9 Å². The summed E-state index contributed by atoms with van der Waals surface area (Å²) in [7, 11) is 1.62. The molecule has 0 aliphatic heterocycles. The Morgan fingerprint density at radius 1 is 1.35 bits per heavy atom. The molecule has 1 aromatic carbocycles. The van der Waals surface area contributed by atoms with Crippen LogP contribution in [0, 0.1) is 6.92 Å². The summed E-state index contributed by atoms with van der Waals surface area (Å²) >= 11 is 0. The van der Waals surface area contributed by atoms with Crippen molar-refractivity contribution in [2.75, 3.05) is 7.11 Å². The summed E-state index contributed by atoms with van der Waals surface area (Å²) in [5.41, 5.74) is 2.01. The van der Waals surface area contributed by atoms with Crippen LogP contribution in [-0.2, 0) is 16.1 Å². The van der Waals surface area contributed by atoms with Crippen molar-refractivity contribution >= 4 is 11.7 Å². The minimum absolute atomic E-state index is 0.0604. The Morgan fingerprint density at radius 3 is 2.59 bits per heavy atom. The van der Waals surface area contributed by atoms with Crippen LogP contribution in [0.15, 0.2) is 18.2 Å². The fourth-order valence-corrected chi connectivity index (χ4v) is 1.54. The number of aryl methyl sites for hydroxylation is 1. The van der Waals surface area contributed by atoms with Crippen LogP contribution in [0.25, 0.3) is 0 Å². The topological polar surface area (TPSA) is 55.4 Å². The number of methoxy groups -OCH3 is 1. The molecule has 1 aromatic rings. The maximum atomic E-state index is 11.3. The van der Waals surface area contributed by atoms with Crippen LogP contribution in [0.5, 0.6) is 5.75 Å². The standard InChI is InChI=1S/C13H17NO3/c1-9-6-11(4-5-12(9)17-3)8-14-13(16)7-10(2)15/h4-6H,7-8H2,1-3H3,(H,14,16). The molecule has 0 saturated carbocycles. The maximum Gasteiger partial charge on any atom is 0.227 e. The van der Waals surface area contributed by atoms with Gasteiger partial charge in [-0.05, 0) is 31.0 Å². The molecule has 0 aromatic heterocycles. The van der Waals surface area contributed by atoms with Gasteiger partial charge in [0.1, 0.15) is 11.5 Å². The highest BCUT2D eigenvalue weighted by molar-refractivity contribution is 5.96. The predicted molar refractivity (Wildman–Crippen MR) is 64.9 cm³/mol. The van der Waals surface area contributed by atoms with Gasteiger partial charge in [0, 0.05) is 6.54 Å². The monoisotopic (exact) mass is 235 g/mol. The molecular formula is C13H17NO3. The molecule has 0 fully saturated rings. The van der Waals surface area contributed by atoms with Gasteiger partial charge in [0.2, 0.25) is 5.91 Å². The second-order valence-electron chi connectivity index (χ2n) is 3.96. The first kappa shape index (κ1) is 13.2. The second kappa shape index (κ2) is 6.03. The van der Waals surface area contributed by atoms with Crippen molar-refractivity contribution in [3.05, 3.63) is 29.3 Å². The lowest BCUT2D eigenvalue weighted by Crippen LogP contribution is -2.24. The van der Waals surface area contributed by atoms with Crippen molar-refractivity contribution in [1.29, 1.82) is 0 Å². The molecule has 0 unspecified atom stereocenters. The molecule has 0 spiro atoms. The predicted octanol–water partition coefficient (Wildman–Crippen LogP) is 1.60. The van der Waals surface area contributed by atoms with Gasteiger partial charge in [-0.2, -0.15) is 0 Å². The molecule has 1 rings (SSSR count). The Labute approximate surface area is 101 Å². The molecule has 92 valence electrons. The number of Topliss-reactive ketones (excluding diaryl/α,β-unsaturated/α-hetero) is 1. The smallest absolute Gasteiger partial charge is 0.227 e. The van der Waals surface area contributed by atoms with Gasteiger partial charge in [-0.15, -0.1) is 0 Å². The van der Waals surface area contributed by atoms with Crippen LogP contribution in [0.2, 0.25) is 0 Å². The Morgan fingerprint density at radius 2 is 2.06 bits per heavy atom. The van der Waals surface area contributed by atoms with Crippen LogP contribution >= 0.6 is 0 Å². The van der Waals surface area contributed by atoms with Gasteiger partial charge in [-0.25, -0.2) is 0 Å². The summed E-state index contributed by atoms with van der Waals surface area (Å²) in [6.45, 7) is 3.77. The molecular weight excluding hydrogens is 218 g/mol. The van der Waals surface area contributed by atoms with Gasteiger partial charge >= 0.3 is 0 Å². The lowest BCUT2D eigenvalue weighted by atomic mass is 10.1. The van der Waals surface area contributed by atoms with E-state index in [-0.39, 0.29) is 18.1 Å². The van der Waals surface area contributed by atoms with E-state index in [0.29, 0.717) is 6.54 Å². The highest BCUT2D eigenvalue weighted by Gasteiger charge is 2.05. The summed E-state index contributed by atoms with van der Waals surface area (Å²) < 4.78 is 5.15. The third-order valence-corrected chi connectivity index (χ3v) is 2.36. The van der Waals surface area contributed by atoms with E-state index >= 15 is 0 Å². The van der Waals surface area contributed by atoms with Gasteiger partial charge < -0.3 is 10.1 Å². The van der Waals surface area contributed by atoms with E-state index in [2.05, 4.69) is 5.32 Å². The van der Waals surface area contributed by atoms with E-state index in [4.69, 9.17) is 4.74 Å². The SMILES string of the molecule is COc1ccc(CNC(=O)CC(C)=O)cc1C. The van der Waals surface area contributed by atoms with Gasteiger partial charge in [-0.3, -0.25) is 9.59 Å². The molecule has 0 bridgehead atoms. The molecule has 0 saturated heterocycles. The molecule has 4 nitrogen and oxygen atoms in total. The fourth-order valence-electron chi connectivity index (χ4n) is 1.54. The number of benzene rings is 1. The van der Waals surface area contributed by atoms with E-state index in [1.807, 2.05) is 25.1 Å². The number of carbonyl (C=O) groups is 2. The fraction of sp³-hybridized carbons (Fsp3) is 0.385. The molecule has 0 radical (unpaired) electrons. The van der Waals surface area contributed by atoms with Crippen LogP contribution < -0.4 is 10.1 Å². The summed E-state index contributed by atoms with van der Waals surface area (Å²) in [5, 5.41) is 2.69. The summed E-state index contributed by atoms with van der Waals surface area (Å²) in [4.78, 5) is 22.0. The molecule has 1 N–H and O–H groups in total. The van der Waals surface area contributed by atoms with Gasteiger partial charge in [-0.1, -0.05) is 12.1 Å². The first-order valence-electron chi connectivity index (χ1n) is 5.42. The minimum atomic E-state index is -0.244. The summed E-state index contributed by atoms with van der Waals surface area (Å²) in [6.07, 6.45) is -0.0604. The first-order chi connectivity index (χ1) is 8.02. The number of carbonyl (C=O) groups excluding carboxylic acids is 2. The van der Waals surface area contributed by atoms with Crippen molar-refractivity contribution in [2.45, 2.75) is 26.8 Å². The molecule has 4 heteroatoms. The third-order valence-electron chi connectivity index (χ3n) is 2.36. The molecule has 17 heavy (non-hydrogen) atoms. The zero-order chi connectivity index (χ0) is 12.8. The van der Waals surface area contributed by atoms with Crippen LogP contribution in [0.3, 0.4) is 0 Å². The normalized spacial score (nSPS) is 9.82. The Balaban J connectivity index is 2.55. The van der Waals surface area contributed by atoms with E-state index in [1.54, 1.807) is 7.11 Å². The minimum Gasteiger partial charge on any atom is -0.496 e. The zero-order valence-corrected chi connectivity index (χ0v) is 10.4. The van der Waals surface area contributed by atoms with Gasteiger partial charge in [0.25, 0.3) is 0 Å². The van der Waals surface area contributed by atoms with Gasteiger partial charge in [0.05, 0.1) is 13.5 Å². The lowest BCUT2D eigenvalue weighted by Gasteiger charge is -2.08. The van der Waals surface area contributed by atoms with Crippen molar-refractivity contribution < 1.29 is 14.3 Å². The van der Waals surface area contributed by atoms with Crippen molar-refractivity contribution in [1.82, 2.24) is 5.32 Å². The van der Waals surface area contributed by atoms with E-state index < -0.39 is 0 Å². The number of rotatable bonds is 5. The third kappa shape index (κ3) is 4.26. The Bertz CT molecular complexity index is 427. The maximum absolute atomic E-state index is 11.3. The van der Waals surface area contributed by atoms with Gasteiger partial charge in [0.15, 0.2) is 0 Å². The first-order valence-corrected chi connectivity index (χ1v) is 5.42. The largest absolute Gasteiger partial charge is 0.496 e. The van der Waals surface area contributed by atoms with Crippen LogP contribution in [0.1, 0.15) is 24.5 Å². The lowest BCUT2D eigenvalue weighted by molar-refractivity contribution is -0.127. The van der Waals surface area contributed by atoms with E-state index in [9.17, 15) is 9.59 Å². The van der Waals surface area contributed by atoms with Crippen LogP contribution in [-0.4, -0.2) is 18.8 Å². The quantitative estimate of drug-likeness (QED) is 0.789. The van der Waals surface area contributed by atoms with Crippen molar-refractivity contribution in [2.24, 2.45) is 0 Å². The Kier molecular flexibility index (Phi) is 4.69. The van der Waals surface area contributed by atoms with Crippen molar-refractivity contribution in [3.63, 3.8) is 0 Å². The average Bonchev–Trinajstić information content (AvgIpc) is 2.25.